The van der Waals surface area contributed by atoms with Gasteiger partial charge in [-0.05, 0) is 24.6 Å². The van der Waals surface area contributed by atoms with Crippen LogP contribution in [-0.2, 0) is 4.79 Å². The van der Waals surface area contributed by atoms with Crippen LogP contribution >= 0.6 is 0 Å². The number of benzene rings is 2. The summed E-state index contributed by atoms with van der Waals surface area (Å²) >= 11 is 0. The molecule has 118 valence electrons. The molecular formula is C17H16N2O4. The Hall–Kier alpha value is -3.15. The third-order valence-electron chi connectivity index (χ3n) is 3.16. The predicted octanol–water partition coefficient (Wildman–Crippen LogP) is 3.56. The number of hydrogen-bond donors (Lipinski definition) is 1. The van der Waals surface area contributed by atoms with E-state index in [4.69, 9.17) is 4.74 Å². The van der Waals surface area contributed by atoms with Gasteiger partial charge in [-0.3, -0.25) is 14.9 Å². The van der Waals surface area contributed by atoms with Gasteiger partial charge in [0.15, 0.2) is 0 Å². The highest BCUT2D eigenvalue weighted by Crippen LogP contribution is 2.28. The second-order valence-corrected chi connectivity index (χ2v) is 4.87. The lowest BCUT2D eigenvalue weighted by molar-refractivity contribution is -0.384. The molecule has 0 heterocycles. The van der Waals surface area contributed by atoms with E-state index in [2.05, 4.69) is 5.32 Å². The molecular weight excluding hydrogens is 296 g/mol. The fourth-order valence-corrected chi connectivity index (χ4v) is 1.93. The van der Waals surface area contributed by atoms with E-state index in [0.717, 1.165) is 11.1 Å². The average Bonchev–Trinajstić information content (AvgIpc) is 2.54. The van der Waals surface area contributed by atoms with Gasteiger partial charge in [-0.15, -0.1) is 0 Å². The lowest BCUT2D eigenvalue weighted by atomic mass is 10.1. The van der Waals surface area contributed by atoms with Gasteiger partial charge in [-0.1, -0.05) is 29.8 Å². The van der Waals surface area contributed by atoms with Gasteiger partial charge in [0.1, 0.15) is 5.75 Å². The molecule has 0 unspecified atom stereocenters. The number of rotatable bonds is 5. The number of methoxy groups -OCH3 is 1. The lowest BCUT2D eigenvalue weighted by Crippen LogP contribution is -2.09. The van der Waals surface area contributed by atoms with E-state index < -0.39 is 10.8 Å². The summed E-state index contributed by atoms with van der Waals surface area (Å²) in [7, 11) is 1.43. The third kappa shape index (κ3) is 4.41. The van der Waals surface area contributed by atoms with Crippen molar-refractivity contribution in [2.45, 2.75) is 6.92 Å². The standard InChI is InChI=1S/C17H16N2O4/c1-12-3-5-13(6-4-12)7-10-17(20)18-15-11-14(19(21)22)8-9-16(15)23-2/h3-11H,1-2H3,(H,18,20)/b10-7+. The van der Waals surface area contributed by atoms with Gasteiger partial charge in [0.2, 0.25) is 5.91 Å². The van der Waals surface area contributed by atoms with Gasteiger partial charge in [-0.2, -0.15) is 0 Å². The number of carbonyl (C=O) groups is 1. The smallest absolute Gasteiger partial charge is 0.271 e. The molecule has 2 aromatic rings. The van der Waals surface area contributed by atoms with Crippen LogP contribution in [0.5, 0.6) is 5.75 Å². The van der Waals surface area contributed by atoms with Gasteiger partial charge in [0.25, 0.3) is 5.69 Å². The van der Waals surface area contributed by atoms with E-state index in [1.165, 1.54) is 31.4 Å². The van der Waals surface area contributed by atoms with Crippen LogP contribution in [0.2, 0.25) is 0 Å². The first-order chi connectivity index (χ1) is 11.0. The van der Waals surface area contributed by atoms with Crippen LogP contribution in [0.1, 0.15) is 11.1 Å². The van der Waals surface area contributed by atoms with Crippen molar-refractivity contribution in [3.63, 3.8) is 0 Å². The van der Waals surface area contributed by atoms with Crippen molar-refractivity contribution < 1.29 is 14.5 Å². The Morgan fingerprint density at radius 1 is 1.22 bits per heavy atom. The van der Waals surface area contributed by atoms with Crippen molar-refractivity contribution in [2.75, 3.05) is 12.4 Å². The fourth-order valence-electron chi connectivity index (χ4n) is 1.93. The van der Waals surface area contributed by atoms with Crippen LogP contribution in [-0.4, -0.2) is 17.9 Å². The van der Waals surface area contributed by atoms with Gasteiger partial charge in [-0.25, -0.2) is 0 Å². The number of ether oxygens (including phenoxy) is 1. The van der Waals surface area contributed by atoms with Crippen molar-refractivity contribution in [1.29, 1.82) is 0 Å². The molecule has 0 aliphatic carbocycles. The number of nitrogens with one attached hydrogen (secondary N) is 1. The summed E-state index contributed by atoms with van der Waals surface area (Å²) in [4.78, 5) is 22.3. The van der Waals surface area contributed by atoms with Gasteiger partial charge >= 0.3 is 0 Å². The SMILES string of the molecule is COc1ccc([N+](=O)[O-])cc1NC(=O)/C=C/c1ccc(C)cc1. The summed E-state index contributed by atoms with van der Waals surface area (Å²) in [6.07, 6.45) is 3.03. The number of amides is 1. The van der Waals surface area contributed by atoms with E-state index in [1.54, 1.807) is 6.08 Å². The van der Waals surface area contributed by atoms with Gasteiger partial charge in [0.05, 0.1) is 17.7 Å². The highest BCUT2D eigenvalue weighted by atomic mass is 16.6. The van der Waals surface area contributed by atoms with Crippen LogP contribution in [0.15, 0.2) is 48.5 Å². The zero-order valence-electron chi connectivity index (χ0n) is 12.8. The van der Waals surface area contributed by atoms with Crippen LogP contribution < -0.4 is 10.1 Å². The van der Waals surface area contributed by atoms with E-state index in [9.17, 15) is 14.9 Å². The summed E-state index contributed by atoms with van der Waals surface area (Å²) < 4.78 is 5.10. The third-order valence-corrected chi connectivity index (χ3v) is 3.16. The number of hydrogen-bond acceptors (Lipinski definition) is 4. The topological polar surface area (TPSA) is 81.5 Å². The molecule has 0 saturated carbocycles. The number of non-ortho nitro benzene ring substituents is 1. The Morgan fingerprint density at radius 2 is 1.91 bits per heavy atom. The minimum atomic E-state index is -0.531. The molecule has 1 N–H and O–H groups in total. The molecule has 6 nitrogen and oxygen atoms in total. The normalized spacial score (nSPS) is 10.5. The molecule has 0 fully saturated rings. The second kappa shape index (κ2) is 7.22. The quantitative estimate of drug-likeness (QED) is 0.520. The summed E-state index contributed by atoms with van der Waals surface area (Å²) in [6, 6.07) is 11.7. The number of aryl methyl sites for hydroxylation is 1. The Balaban J connectivity index is 2.14. The summed E-state index contributed by atoms with van der Waals surface area (Å²) in [5.41, 5.74) is 2.15. The Kier molecular flexibility index (Phi) is 5.09. The van der Waals surface area contributed by atoms with Crippen molar-refractivity contribution in [3.05, 3.63) is 69.8 Å². The maximum atomic E-state index is 12.0. The van der Waals surface area contributed by atoms with Crippen molar-refractivity contribution in [2.24, 2.45) is 0 Å². The number of anilines is 1. The molecule has 1 amide bonds. The molecule has 0 aliphatic heterocycles. The number of nitro benzene ring substituents is 1. The Labute approximate surface area is 133 Å². The molecule has 23 heavy (non-hydrogen) atoms. The largest absolute Gasteiger partial charge is 0.495 e. The first kappa shape index (κ1) is 16.2. The average molecular weight is 312 g/mol. The Bertz CT molecular complexity index is 752. The van der Waals surface area contributed by atoms with Crippen molar-refractivity contribution >= 4 is 23.4 Å². The minimum absolute atomic E-state index is 0.122. The molecule has 0 radical (unpaired) electrons. The molecule has 0 aromatic heterocycles. The van der Waals surface area contributed by atoms with Crippen LogP contribution in [0, 0.1) is 17.0 Å². The monoisotopic (exact) mass is 312 g/mol. The number of nitrogens with zero attached hydrogens (tertiary/aromatic N) is 1. The summed E-state index contributed by atoms with van der Waals surface area (Å²) in [5.74, 6) is -0.0444. The minimum Gasteiger partial charge on any atom is -0.495 e. The maximum absolute atomic E-state index is 12.0. The van der Waals surface area contributed by atoms with E-state index in [-0.39, 0.29) is 11.4 Å². The molecule has 0 bridgehead atoms. The van der Waals surface area contributed by atoms with E-state index >= 15 is 0 Å². The molecule has 2 aromatic carbocycles. The number of carbonyl (C=O) groups excluding carboxylic acids is 1. The summed E-state index contributed by atoms with van der Waals surface area (Å²) in [6.45, 7) is 1.98. The number of nitro groups is 1. The van der Waals surface area contributed by atoms with Crippen molar-refractivity contribution in [1.82, 2.24) is 0 Å². The second-order valence-electron chi connectivity index (χ2n) is 4.87. The first-order valence-electron chi connectivity index (χ1n) is 6.88. The molecule has 0 aliphatic rings. The molecule has 6 heteroatoms. The highest BCUT2D eigenvalue weighted by Gasteiger charge is 2.12. The van der Waals surface area contributed by atoms with Gasteiger partial charge in [0, 0.05) is 18.2 Å². The zero-order chi connectivity index (χ0) is 16.8. The van der Waals surface area contributed by atoms with Crippen LogP contribution in [0.25, 0.3) is 6.08 Å². The highest BCUT2D eigenvalue weighted by molar-refractivity contribution is 6.03. The van der Waals surface area contributed by atoms with Crippen LogP contribution in [0.3, 0.4) is 0 Å². The molecule has 2 rings (SSSR count). The predicted molar refractivity (Wildman–Crippen MR) is 88.5 cm³/mol. The summed E-state index contributed by atoms with van der Waals surface area (Å²) in [5, 5.41) is 13.4. The Morgan fingerprint density at radius 3 is 2.52 bits per heavy atom. The van der Waals surface area contributed by atoms with Gasteiger partial charge < -0.3 is 10.1 Å². The molecule has 0 atom stereocenters. The van der Waals surface area contributed by atoms with Crippen LogP contribution in [0.4, 0.5) is 11.4 Å². The fraction of sp³-hybridized carbons (Fsp3) is 0.118. The maximum Gasteiger partial charge on any atom is 0.271 e. The lowest BCUT2D eigenvalue weighted by Gasteiger charge is -2.08. The molecule has 0 saturated heterocycles. The van der Waals surface area contributed by atoms with E-state index in [1.807, 2.05) is 31.2 Å². The van der Waals surface area contributed by atoms with Crippen molar-refractivity contribution in [3.8, 4) is 5.75 Å². The first-order valence-corrected chi connectivity index (χ1v) is 6.88. The zero-order valence-corrected chi connectivity index (χ0v) is 12.8. The van der Waals surface area contributed by atoms with E-state index in [0.29, 0.717) is 5.75 Å². The molecule has 0 spiro atoms.